The number of likely N-dealkylation sites (tertiary alicyclic amines) is 1. The molecular formula is C14H26N2O. The van der Waals surface area contributed by atoms with Gasteiger partial charge in [-0.25, -0.2) is 0 Å². The molecule has 0 aliphatic carbocycles. The van der Waals surface area contributed by atoms with Gasteiger partial charge in [0.1, 0.15) is 0 Å². The molecule has 0 aromatic heterocycles. The zero-order valence-electron chi connectivity index (χ0n) is 11.4. The van der Waals surface area contributed by atoms with Crippen LogP contribution in [0.2, 0.25) is 0 Å². The Morgan fingerprint density at radius 1 is 1.12 bits per heavy atom. The van der Waals surface area contributed by atoms with Crippen molar-refractivity contribution >= 4 is 5.91 Å². The Balaban J connectivity index is 1.91. The van der Waals surface area contributed by atoms with E-state index in [0.29, 0.717) is 17.9 Å². The second-order valence-electron chi connectivity index (χ2n) is 6.08. The van der Waals surface area contributed by atoms with Gasteiger partial charge < -0.3 is 10.2 Å². The second-order valence-corrected chi connectivity index (χ2v) is 6.08. The zero-order valence-corrected chi connectivity index (χ0v) is 11.4. The molecule has 4 unspecified atom stereocenters. The fourth-order valence-corrected chi connectivity index (χ4v) is 3.02. The molecule has 2 fully saturated rings. The van der Waals surface area contributed by atoms with Crippen LogP contribution in [0.5, 0.6) is 0 Å². The van der Waals surface area contributed by atoms with E-state index in [2.05, 4.69) is 31.0 Å². The van der Waals surface area contributed by atoms with Crippen LogP contribution in [-0.2, 0) is 4.79 Å². The molecule has 3 heteroatoms. The molecule has 0 spiro atoms. The number of carbonyl (C=O) groups excluding carboxylic acids is 1. The Kier molecular flexibility index (Phi) is 4.08. The molecule has 0 bridgehead atoms. The summed E-state index contributed by atoms with van der Waals surface area (Å²) in [5.74, 6) is 1.75. The lowest BCUT2D eigenvalue weighted by Gasteiger charge is -2.38. The van der Waals surface area contributed by atoms with Crippen molar-refractivity contribution in [2.45, 2.75) is 58.5 Å². The van der Waals surface area contributed by atoms with Gasteiger partial charge in [0.05, 0.1) is 6.04 Å². The molecule has 1 amide bonds. The summed E-state index contributed by atoms with van der Waals surface area (Å²) in [6.07, 6.45) is 4.57. The normalized spacial score (nSPS) is 39.1. The van der Waals surface area contributed by atoms with Gasteiger partial charge in [0.2, 0.25) is 5.91 Å². The minimum absolute atomic E-state index is 0.0827. The molecule has 4 atom stereocenters. The highest BCUT2D eigenvalue weighted by atomic mass is 16.2. The number of amides is 1. The highest BCUT2D eigenvalue weighted by Crippen LogP contribution is 2.24. The monoisotopic (exact) mass is 238 g/mol. The molecular weight excluding hydrogens is 212 g/mol. The van der Waals surface area contributed by atoms with E-state index in [4.69, 9.17) is 0 Å². The number of rotatable bonds is 1. The lowest BCUT2D eigenvalue weighted by Crippen LogP contribution is -2.54. The van der Waals surface area contributed by atoms with Crippen molar-refractivity contribution in [1.29, 1.82) is 0 Å². The Bertz CT molecular complexity index is 279. The molecule has 2 heterocycles. The van der Waals surface area contributed by atoms with Crippen molar-refractivity contribution in [2.24, 2.45) is 11.8 Å². The van der Waals surface area contributed by atoms with Gasteiger partial charge in [0, 0.05) is 19.1 Å². The maximum atomic E-state index is 12.4. The van der Waals surface area contributed by atoms with Crippen LogP contribution in [0.1, 0.15) is 46.5 Å². The van der Waals surface area contributed by atoms with Crippen LogP contribution in [0.3, 0.4) is 0 Å². The highest BCUT2D eigenvalue weighted by molar-refractivity contribution is 5.82. The topological polar surface area (TPSA) is 32.3 Å². The van der Waals surface area contributed by atoms with Gasteiger partial charge in [-0.1, -0.05) is 13.8 Å². The summed E-state index contributed by atoms with van der Waals surface area (Å²) in [6.45, 7) is 8.65. The first-order valence-corrected chi connectivity index (χ1v) is 7.12. The number of nitrogens with one attached hydrogen (secondary N) is 1. The van der Waals surface area contributed by atoms with E-state index in [1.165, 1.54) is 12.8 Å². The molecule has 98 valence electrons. The molecule has 1 N–H and O–H groups in total. The van der Waals surface area contributed by atoms with Crippen molar-refractivity contribution < 1.29 is 4.79 Å². The molecule has 0 aromatic rings. The fraction of sp³-hybridized carbons (Fsp3) is 0.929. The molecule has 0 saturated carbocycles. The minimum atomic E-state index is 0.0827. The summed E-state index contributed by atoms with van der Waals surface area (Å²) < 4.78 is 0. The average Bonchev–Trinajstić information content (AvgIpc) is 2.32. The van der Waals surface area contributed by atoms with E-state index in [9.17, 15) is 4.79 Å². The molecule has 2 saturated heterocycles. The second kappa shape index (κ2) is 5.38. The summed E-state index contributed by atoms with van der Waals surface area (Å²) in [5, 5.41) is 3.45. The van der Waals surface area contributed by atoms with E-state index in [-0.39, 0.29) is 6.04 Å². The molecule has 0 aromatic carbocycles. The predicted molar refractivity (Wildman–Crippen MR) is 69.8 cm³/mol. The van der Waals surface area contributed by atoms with Gasteiger partial charge in [-0.05, 0) is 44.4 Å². The van der Waals surface area contributed by atoms with Crippen molar-refractivity contribution in [3.63, 3.8) is 0 Å². The van der Waals surface area contributed by atoms with E-state index < -0.39 is 0 Å². The fourth-order valence-electron chi connectivity index (χ4n) is 3.02. The molecule has 3 nitrogen and oxygen atoms in total. The van der Waals surface area contributed by atoms with E-state index in [0.717, 1.165) is 31.8 Å². The first-order valence-electron chi connectivity index (χ1n) is 7.12. The standard InChI is InChI=1S/C14H26N2O/c1-10-7-8-16(9-11(10)2)14(17)13-6-4-5-12(3)15-13/h10-13,15H,4-9H2,1-3H3. The number of hydrogen-bond donors (Lipinski definition) is 1. The Morgan fingerprint density at radius 3 is 2.53 bits per heavy atom. The van der Waals surface area contributed by atoms with Crippen LogP contribution in [0.15, 0.2) is 0 Å². The summed E-state index contributed by atoms with van der Waals surface area (Å²) in [4.78, 5) is 14.5. The maximum Gasteiger partial charge on any atom is 0.239 e. The van der Waals surface area contributed by atoms with Gasteiger partial charge in [-0.15, -0.1) is 0 Å². The smallest absolute Gasteiger partial charge is 0.239 e. The van der Waals surface area contributed by atoms with Crippen LogP contribution in [0, 0.1) is 11.8 Å². The zero-order chi connectivity index (χ0) is 12.4. The molecule has 2 aliphatic rings. The number of hydrogen-bond acceptors (Lipinski definition) is 2. The first kappa shape index (κ1) is 12.9. The van der Waals surface area contributed by atoms with E-state index in [1.54, 1.807) is 0 Å². The molecule has 17 heavy (non-hydrogen) atoms. The van der Waals surface area contributed by atoms with Crippen LogP contribution in [-0.4, -0.2) is 36.0 Å². The van der Waals surface area contributed by atoms with Crippen LogP contribution in [0.25, 0.3) is 0 Å². The van der Waals surface area contributed by atoms with Gasteiger partial charge >= 0.3 is 0 Å². The Morgan fingerprint density at radius 2 is 1.88 bits per heavy atom. The molecule has 2 rings (SSSR count). The molecule has 0 radical (unpaired) electrons. The number of carbonyl (C=O) groups is 1. The Hall–Kier alpha value is -0.570. The summed E-state index contributed by atoms with van der Waals surface area (Å²) >= 11 is 0. The van der Waals surface area contributed by atoms with Crippen molar-refractivity contribution in [2.75, 3.05) is 13.1 Å². The maximum absolute atomic E-state index is 12.4. The third kappa shape index (κ3) is 3.01. The SMILES string of the molecule is CC1CCCC(C(=O)N2CCC(C)C(C)C2)N1. The van der Waals surface area contributed by atoms with Gasteiger partial charge in [-0.3, -0.25) is 4.79 Å². The van der Waals surface area contributed by atoms with Crippen molar-refractivity contribution in [1.82, 2.24) is 10.2 Å². The largest absolute Gasteiger partial charge is 0.341 e. The number of piperidine rings is 2. The summed E-state index contributed by atoms with van der Waals surface area (Å²) in [5.41, 5.74) is 0. The summed E-state index contributed by atoms with van der Waals surface area (Å²) in [7, 11) is 0. The summed E-state index contributed by atoms with van der Waals surface area (Å²) in [6, 6.07) is 0.582. The quantitative estimate of drug-likeness (QED) is 0.758. The van der Waals surface area contributed by atoms with E-state index >= 15 is 0 Å². The molecule has 2 aliphatic heterocycles. The minimum Gasteiger partial charge on any atom is -0.341 e. The van der Waals surface area contributed by atoms with Crippen LogP contribution in [0.4, 0.5) is 0 Å². The van der Waals surface area contributed by atoms with Crippen LogP contribution >= 0.6 is 0 Å². The first-order chi connectivity index (χ1) is 8.08. The lowest BCUT2D eigenvalue weighted by molar-refractivity contribution is -0.136. The lowest BCUT2D eigenvalue weighted by atomic mass is 9.88. The average molecular weight is 238 g/mol. The number of nitrogens with zero attached hydrogens (tertiary/aromatic N) is 1. The highest BCUT2D eigenvalue weighted by Gasteiger charge is 2.31. The van der Waals surface area contributed by atoms with Crippen LogP contribution < -0.4 is 5.32 Å². The van der Waals surface area contributed by atoms with E-state index in [1.807, 2.05) is 0 Å². The Labute approximate surface area is 105 Å². The third-order valence-corrected chi connectivity index (χ3v) is 4.56. The van der Waals surface area contributed by atoms with Gasteiger partial charge in [0.15, 0.2) is 0 Å². The third-order valence-electron chi connectivity index (χ3n) is 4.56. The van der Waals surface area contributed by atoms with Gasteiger partial charge in [0.25, 0.3) is 0 Å². The van der Waals surface area contributed by atoms with Gasteiger partial charge in [-0.2, -0.15) is 0 Å². The van der Waals surface area contributed by atoms with Crippen molar-refractivity contribution in [3.05, 3.63) is 0 Å². The van der Waals surface area contributed by atoms with Crippen molar-refractivity contribution in [3.8, 4) is 0 Å². The predicted octanol–water partition coefficient (Wildman–Crippen LogP) is 2.02.